The molecular formula is C12H12ClN3OS. The summed E-state index contributed by atoms with van der Waals surface area (Å²) in [7, 11) is 0. The van der Waals surface area contributed by atoms with Gasteiger partial charge < -0.3 is 5.73 Å². The number of hydrogen-bond acceptors (Lipinski definition) is 4. The van der Waals surface area contributed by atoms with Gasteiger partial charge in [-0.25, -0.2) is 0 Å². The van der Waals surface area contributed by atoms with Gasteiger partial charge in [0.05, 0.1) is 10.5 Å². The molecule has 2 aromatic rings. The molecule has 1 aromatic heterocycles. The molecule has 0 aliphatic rings. The van der Waals surface area contributed by atoms with Crippen LogP contribution in [0.3, 0.4) is 0 Å². The number of carbonyl (C=O) groups is 1. The Kier molecular flexibility index (Phi) is 3.73. The zero-order valence-corrected chi connectivity index (χ0v) is 11.6. The maximum atomic E-state index is 11.2. The Morgan fingerprint density at radius 2 is 2.17 bits per heavy atom. The molecule has 0 spiro atoms. The first-order chi connectivity index (χ1) is 8.54. The van der Waals surface area contributed by atoms with Crippen LogP contribution < -0.4 is 5.73 Å². The van der Waals surface area contributed by atoms with E-state index >= 15 is 0 Å². The van der Waals surface area contributed by atoms with Crippen LogP contribution in [-0.4, -0.2) is 21.9 Å². The van der Waals surface area contributed by atoms with Crippen LogP contribution in [0.25, 0.3) is 10.9 Å². The third-order valence-corrected chi connectivity index (χ3v) is 3.75. The van der Waals surface area contributed by atoms with E-state index in [1.165, 1.54) is 0 Å². The standard InChI is InChI=1S/C12H12ClN3OS/c1-3-18-7-4-6(2)10-8(5-7)9(13)11(12(14)17)16-15-10/h4-5H,3H2,1-2H3,(H2,14,17). The molecule has 0 unspecified atom stereocenters. The van der Waals surface area contributed by atoms with Crippen LogP contribution in [0.1, 0.15) is 23.0 Å². The van der Waals surface area contributed by atoms with E-state index in [0.29, 0.717) is 5.52 Å². The Hall–Kier alpha value is -1.33. The van der Waals surface area contributed by atoms with Gasteiger partial charge in [0, 0.05) is 10.3 Å². The van der Waals surface area contributed by atoms with Crippen LogP contribution in [0.5, 0.6) is 0 Å². The van der Waals surface area contributed by atoms with Crippen LogP contribution in [-0.2, 0) is 0 Å². The lowest BCUT2D eigenvalue weighted by molar-refractivity contribution is 0.0995. The number of fused-ring (bicyclic) bond motifs is 1. The number of halogens is 1. The van der Waals surface area contributed by atoms with Gasteiger partial charge in [-0.2, -0.15) is 0 Å². The predicted molar refractivity (Wildman–Crippen MR) is 74.2 cm³/mol. The topological polar surface area (TPSA) is 68.9 Å². The lowest BCUT2D eigenvalue weighted by Gasteiger charge is -2.08. The average Bonchev–Trinajstić information content (AvgIpc) is 2.30. The average molecular weight is 282 g/mol. The first-order valence-electron chi connectivity index (χ1n) is 5.43. The number of nitrogens with zero attached hydrogens (tertiary/aromatic N) is 2. The summed E-state index contributed by atoms with van der Waals surface area (Å²) in [5.74, 6) is 0.296. The highest BCUT2D eigenvalue weighted by Crippen LogP contribution is 2.30. The highest BCUT2D eigenvalue weighted by Gasteiger charge is 2.15. The smallest absolute Gasteiger partial charge is 0.270 e. The summed E-state index contributed by atoms with van der Waals surface area (Å²) < 4.78 is 0. The fraction of sp³-hybridized carbons (Fsp3) is 0.250. The Labute approximate surface area is 114 Å². The van der Waals surface area contributed by atoms with Crippen LogP contribution in [0, 0.1) is 6.92 Å². The molecule has 18 heavy (non-hydrogen) atoms. The first-order valence-corrected chi connectivity index (χ1v) is 6.80. The van der Waals surface area contributed by atoms with Crippen molar-refractivity contribution in [3.63, 3.8) is 0 Å². The van der Waals surface area contributed by atoms with E-state index in [1.54, 1.807) is 11.8 Å². The summed E-state index contributed by atoms with van der Waals surface area (Å²) in [6, 6.07) is 3.95. The predicted octanol–water partition coefficient (Wildman–Crippen LogP) is 2.80. The number of nitrogens with two attached hydrogens (primary N) is 1. The molecule has 94 valence electrons. The molecule has 0 saturated heterocycles. The molecule has 4 nitrogen and oxygen atoms in total. The van der Waals surface area contributed by atoms with Gasteiger partial charge in [-0.15, -0.1) is 22.0 Å². The molecule has 0 atom stereocenters. The second-order valence-corrected chi connectivity index (χ2v) is 5.51. The van der Waals surface area contributed by atoms with E-state index in [-0.39, 0.29) is 10.7 Å². The minimum absolute atomic E-state index is 0.0159. The summed E-state index contributed by atoms with van der Waals surface area (Å²) in [4.78, 5) is 12.3. The summed E-state index contributed by atoms with van der Waals surface area (Å²) in [6.45, 7) is 4.02. The Morgan fingerprint density at radius 3 is 2.78 bits per heavy atom. The fourth-order valence-corrected chi connectivity index (χ4v) is 2.80. The molecule has 0 bridgehead atoms. The lowest BCUT2D eigenvalue weighted by atomic mass is 10.1. The van der Waals surface area contributed by atoms with Crippen molar-refractivity contribution in [3.8, 4) is 0 Å². The zero-order chi connectivity index (χ0) is 13.3. The van der Waals surface area contributed by atoms with E-state index in [9.17, 15) is 4.79 Å². The molecule has 0 fully saturated rings. The largest absolute Gasteiger partial charge is 0.364 e. The van der Waals surface area contributed by atoms with Crippen molar-refractivity contribution in [2.45, 2.75) is 18.7 Å². The minimum Gasteiger partial charge on any atom is -0.364 e. The van der Waals surface area contributed by atoms with Crippen LogP contribution in [0.4, 0.5) is 0 Å². The molecule has 1 aromatic carbocycles. The molecule has 0 aliphatic heterocycles. The number of thioether (sulfide) groups is 1. The van der Waals surface area contributed by atoms with Gasteiger partial charge in [0.25, 0.3) is 5.91 Å². The van der Waals surface area contributed by atoms with Gasteiger partial charge in [-0.05, 0) is 30.4 Å². The zero-order valence-electron chi connectivity index (χ0n) is 10.0. The van der Waals surface area contributed by atoms with Crippen molar-refractivity contribution < 1.29 is 4.79 Å². The fourth-order valence-electron chi connectivity index (χ4n) is 1.73. The van der Waals surface area contributed by atoms with Gasteiger partial charge in [0.2, 0.25) is 0 Å². The van der Waals surface area contributed by atoms with Crippen LogP contribution in [0.2, 0.25) is 5.02 Å². The molecule has 1 amide bonds. The highest BCUT2D eigenvalue weighted by atomic mass is 35.5. The Morgan fingerprint density at radius 1 is 1.44 bits per heavy atom. The van der Waals surface area contributed by atoms with Gasteiger partial charge in [0.1, 0.15) is 0 Å². The number of benzene rings is 1. The second kappa shape index (κ2) is 5.12. The molecule has 2 rings (SSSR count). The number of carbonyl (C=O) groups excluding carboxylic acids is 1. The normalized spacial score (nSPS) is 10.8. The van der Waals surface area contributed by atoms with Gasteiger partial charge >= 0.3 is 0 Å². The van der Waals surface area contributed by atoms with Crippen molar-refractivity contribution in [2.75, 3.05) is 5.75 Å². The molecule has 0 aliphatic carbocycles. The third-order valence-electron chi connectivity index (χ3n) is 2.51. The van der Waals surface area contributed by atoms with Gasteiger partial charge in [-0.1, -0.05) is 18.5 Å². The molecule has 6 heteroatoms. The Bertz CT molecular complexity index is 630. The monoisotopic (exact) mass is 281 g/mol. The molecule has 0 radical (unpaired) electrons. The van der Waals surface area contributed by atoms with Crippen molar-refractivity contribution in [3.05, 3.63) is 28.4 Å². The SMILES string of the molecule is CCSc1cc(C)c2nnc(C(N)=O)c(Cl)c2c1. The molecule has 0 saturated carbocycles. The third kappa shape index (κ3) is 2.28. The number of aryl methyl sites for hydroxylation is 1. The molecule has 2 N–H and O–H groups in total. The summed E-state index contributed by atoms with van der Waals surface area (Å²) in [5, 5.41) is 8.79. The van der Waals surface area contributed by atoms with Crippen molar-refractivity contribution in [2.24, 2.45) is 5.73 Å². The van der Waals surface area contributed by atoms with E-state index in [0.717, 1.165) is 21.6 Å². The van der Waals surface area contributed by atoms with Crippen molar-refractivity contribution in [1.29, 1.82) is 0 Å². The summed E-state index contributed by atoms with van der Waals surface area (Å²) in [5.41, 5.74) is 6.91. The number of primary amides is 1. The number of aromatic nitrogens is 2. The van der Waals surface area contributed by atoms with Gasteiger partial charge in [-0.3, -0.25) is 4.79 Å². The number of rotatable bonds is 3. The maximum Gasteiger partial charge on any atom is 0.270 e. The highest BCUT2D eigenvalue weighted by molar-refractivity contribution is 7.99. The van der Waals surface area contributed by atoms with Gasteiger partial charge in [0.15, 0.2) is 5.69 Å². The maximum absolute atomic E-state index is 11.2. The number of hydrogen-bond donors (Lipinski definition) is 1. The minimum atomic E-state index is -0.666. The summed E-state index contributed by atoms with van der Waals surface area (Å²) in [6.07, 6.45) is 0. The number of amides is 1. The Balaban J connectivity index is 2.74. The van der Waals surface area contributed by atoms with E-state index in [1.807, 2.05) is 19.1 Å². The molecule has 1 heterocycles. The van der Waals surface area contributed by atoms with Crippen molar-refractivity contribution in [1.82, 2.24) is 10.2 Å². The lowest BCUT2D eigenvalue weighted by Crippen LogP contribution is -2.14. The molecular weight excluding hydrogens is 270 g/mol. The second-order valence-electron chi connectivity index (χ2n) is 3.80. The van der Waals surface area contributed by atoms with Crippen molar-refractivity contribution >= 4 is 40.2 Å². The van der Waals surface area contributed by atoms with E-state index < -0.39 is 5.91 Å². The van der Waals surface area contributed by atoms with Crippen LogP contribution >= 0.6 is 23.4 Å². The first kappa shape index (κ1) is 13.1. The quantitative estimate of drug-likeness (QED) is 0.879. The van der Waals surface area contributed by atoms with E-state index in [2.05, 4.69) is 17.1 Å². The van der Waals surface area contributed by atoms with Crippen LogP contribution in [0.15, 0.2) is 17.0 Å². The summed E-state index contributed by atoms with van der Waals surface area (Å²) >= 11 is 7.87. The van der Waals surface area contributed by atoms with E-state index in [4.69, 9.17) is 17.3 Å².